The Morgan fingerprint density at radius 3 is 2.81 bits per heavy atom. The summed E-state index contributed by atoms with van der Waals surface area (Å²) in [7, 11) is 0. The molecule has 0 saturated heterocycles. The molecule has 0 aliphatic rings. The number of nitrogens with zero attached hydrogens (tertiary/aromatic N) is 4. The van der Waals surface area contributed by atoms with Crippen LogP contribution in [0.5, 0.6) is 0 Å². The molecule has 2 aromatic heterocycles. The molecule has 2 rings (SSSR count). The molecule has 2 heterocycles. The first-order valence-corrected chi connectivity index (χ1v) is 6.30. The van der Waals surface area contributed by atoms with Crippen LogP contribution in [0, 0.1) is 5.82 Å². The van der Waals surface area contributed by atoms with E-state index in [1.165, 1.54) is 12.3 Å². The number of pyridine rings is 1. The van der Waals surface area contributed by atoms with E-state index in [-0.39, 0.29) is 36.9 Å². The van der Waals surface area contributed by atoms with E-state index >= 15 is 0 Å². The summed E-state index contributed by atoms with van der Waals surface area (Å²) >= 11 is 3.07. The van der Waals surface area contributed by atoms with Crippen LogP contribution in [0.2, 0.25) is 0 Å². The highest BCUT2D eigenvalue weighted by atomic mass is 79.9. The van der Waals surface area contributed by atoms with Gasteiger partial charge in [-0.05, 0) is 27.6 Å². The monoisotopic (exact) mass is 381 g/mol. The van der Waals surface area contributed by atoms with E-state index in [4.69, 9.17) is 5.73 Å². The summed E-state index contributed by atoms with van der Waals surface area (Å²) in [5, 5.41) is 3.78. The molecule has 0 amide bonds. The Hall–Kier alpha value is -1.58. The molecule has 0 spiro atoms. The van der Waals surface area contributed by atoms with E-state index in [0.29, 0.717) is 10.8 Å². The van der Waals surface area contributed by atoms with Crippen molar-refractivity contribution in [1.29, 1.82) is 0 Å². The van der Waals surface area contributed by atoms with Crippen LogP contribution in [0.25, 0.3) is 5.82 Å². The molecule has 2 aromatic rings. The first kappa shape index (κ1) is 17.5. The van der Waals surface area contributed by atoms with Gasteiger partial charge >= 0.3 is 5.69 Å². The number of hydrogen-bond donors (Lipinski definition) is 1. The molecule has 0 radical (unpaired) electrons. The summed E-state index contributed by atoms with van der Waals surface area (Å²) in [6.07, 6.45) is 2.80. The van der Waals surface area contributed by atoms with E-state index in [0.717, 1.165) is 15.6 Å². The van der Waals surface area contributed by atoms with E-state index in [1.54, 1.807) is 0 Å². The average Bonchev–Trinajstić information content (AvgIpc) is 2.77. The molecule has 21 heavy (non-hydrogen) atoms. The molecular weight excluding hydrogens is 372 g/mol. The fourth-order valence-corrected chi connectivity index (χ4v) is 1.81. The maximum atomic E-state index is 13.7. The third-order valence-corrected chi connectivity index (χ3v) is 2.95. The Morgan fingerprint density at radius 1 is 1.52 bits per heavy atom. The molecule has 6 nitrogen and oxygen atoms in total. The SMILES string of the molecule is Cl.NC/C(=C\F)Cn1ncn(-c2ncc(Br)cc2F)c1=O. The van der Waals surface area contributed by atoms with Crippen molar-refractivity contribution in [2.75, 3.05) is 6.54 Å². The maximum absolute atomic E-state index is 13.7. The Balaban J connectivity index is 0.00000220. The molecule has 0 fully saturated rings. The average molecular weight is 383 g/mol. The summed E-state index contributed by atoms with van der Waals surface area (Å²) in [6.45, 7) is -0.141. The second kappa shape index (κ2) is 7.43. The van der Waals surface area contributed by atoms with Gasteiger partial charge in [-0.1, -0.05) is 0 Å². The number of halogens is 4. The Morgan fingerprint density at radius 2 is 2.24 bits per heavy atom. The van der Waals surface area contributed by atoms with E-state index < -0.39 is 11.5 Å². The van der Waals surface area contributed by atoms with Gasteiger partial charge in [-0.15, -0.1) is 12.4 Å². The summed E-state index contributed by atoms with van der Waals surface area (Å²) < 4.78 is 28.5. The van der Waals surface area contributed by atoms with Crippen LogP contribution in [0.4, 0.5) is 8.78 Å². The highest BCUT2D eigenvalue weighted by molar-refractivity contribution is 9.10. The van der Waals surface area contributed by atoms with Gasteiger partial charge in [0.2, 0.25) is 0 Å². The van der Waals surface area contributed by atoms with E-state index in [1.807, 2.05) is 0 Å². The molecule has 0 unspecified atom stereocenters. The first-order chi connectivity index (χ1) is 9.56. The minimum Gasteiger partial charge on any atom is -0.327 e. The standard InChI is InChI=1S/C11H10BrF2N5O.ClH/c12-8-1-9(14)10(16-4-8)18-6-17-19(11(18)20)5-7(2-13)3-15;/h1-2,4,6H,3,5,15H2;1H/b7-2+;. The largest absolute Gasteiger partial charge is 0.351 e. The van der Waals surface area contributed by atoms with Crippen molar-refractivity contribution in [3.8, 4) is 5.82 Å². The van der Waals surface area contributed by atoms with Crippen molar-refractivity contribution in [1.82, 2.24) is 19.3 Å². The van der Waals surface area contributed by atoms with Crippen LogP contribution in [0.15, 0.2) is 39.8 Å². The molecule has 0 aliphatic heterocycles. The van der Waals surface area contributed by atoms with Crippen molar-refractivity contribution in [3.05, 3.63) is 51.3 Å². The van der Waals surface area contributed by atoms with Crippen molar-refractivity contribution in [2.24, 2.45) is 5.73 Å². The predicted octanol–water partition coefficient (Wildman–Crippen LogP) is 1.56. The highest BCUT2D eigenvalue weighted by Gasteiger charge is 2.13. The normalized spacial score (nSPS) is 11.3. The highest BCUT2D eigenvalue weighted by Crippen LogP contribution is 2.14. The molecule has 0 saturated carbocycles. The number of hydrogen-bond acceptors (Lipinski definition) is 4. The fraction of sp³-hybridized carbons (Fsp3) is 0.182. The molecule has 10 heteroatoms. The third-order valence-electron chi connectivity index (χ3n) is 2.52. The minimum atomic E-state index is -0.680. The molecule has 0 aliphatic carbocycles. The van der Waals surface area contributed by atoms with Gasteiger partial charge in [0.25, 0.3) is 0 Å². The van der Waals surface area contributed by atoms with Crippen LogP contribution in [0.1, 0.15) is 0 Å². The third kappa shape index (κ3) is 3.74. The topological polar surface area (TPSA) is 78.7 Å². The lowest BCUT2D eigenvalue weighted by Crippen LogP contribution is -2.26. The molecule has 2 N–H and O–H groups in total. The lowest BCUT2D eigenvalue weighted by Gasteiger charge is -2.02. The second-order valence-corrected chi connectivity index (χ2v) is 4.79. The fourth-order valence-electron chi connectivity index (χ4n) is 1.51. The minimum absolute atomic E-state index is 0. The Labute approximate surface area is 132 Å². The number of nitrogens with two attached hydrogens (primary N) is 1. The summed E-state index contributed by atoms with van der Waals surface area (Å²) in [5.74, 6) is -0.857. The van der Waals surface area contributed by atoms with Crippen LogP contribution in [-0.4, -0.2) is 25.9 Å². The van der Waals surface area contributed by atoms with Gasteiger partial charge in [0.1, 0.15) is 6.33 Å². The number of rotatable bonds is 4. The predicted molar refractivity (Wildman–Crippen MR) is 78.8 cm³/mol. The zero-order valence-corrected chi connectivity index (χ0v) is 12.9. The lowest BCUT2D eigenvalue weighted by molar-refractivity contribution is 0.595. The van der Waals surface area contributed by atoms with E-state index in [9.17, 15) is 13.6 Å². The van der Waals surface area contributed by atoms with Crippen molar-refractivity contribution in [3.63, 3.8) is 0 Å². The van der Waals surface area contributed by atoms with Gasteiger partial charge in [0, 0.05) is 17.2 Å². The van der Waals surface area contributed by atoms with Crippen LogP contribution < -0.4 is 11.4 Å². The molecule has 0 atom stereocenters. The van der Waals surface area contributed by atoms with E-state index in [2.05, 4.69) is 26.0 Å². The second-order valence-electron chi connectivity index (χ2n) is 3.87. The van der Waals surface area contributed by atoms with Gasteiger partial charge in [-0.2, -0.15) is 5.10 Å². The van der Waals surface area contributed by atoms with Crippen molar-refractivity contribution < 1.29 is 8.78 Å². The summed E-state index contributed by atoms with van der Waals surface area (Å²) in [6, 6.07) is 1.18. The first-order valence-electron chi connectivity index (χ1n) is 5.51. The molecule has 114 valence electrons. The van der Waals surface area contributed by atoms with Gasteiger partial charge in [-0.25, -0.2) is 27.8 Å². The van der Waals surface area contributed by atoms with Gasteiger partial charge in [-0.3, -0.25) is 0 Å². The molecule has 0 bridgehead atoms. The zero-order valence-electron chi connectivity index (χ0n) is 10.5. The van der Waals surface area contributed by atoms with Crippen molar-refractivity contribution >= 4 is 28.3 Å². The lowest BCUT2D eigenvalue weighted by atomic mass is 10.3. The van der Waals surface area contributed by atoms with Gasteiger partial charge < -0.3 is 5.73 Å². The van der Waals surface area contributed by atoms with Crippen LogP contribution >= 0.6 is 28.3 Å². The quantitative estimate of drug-likeness (QED) is 0.870. The summed E-state index contributed by atoms with van der Waals surface area (Å²) in [5.41, 5.74) is 4.87. The molecule has 0 aromatic carbocycles. The smallest absolute Gasteiger partial charge is 0.327 e. The molecular formula is C11H11BrClF2N5O. The number of aromatic nitrogens is 4. The van der Waals surface area contributed by atoms with Gasteiger partial charge in [0.15, 0.2) is 11.6 Å². The Bertz CT molecular complexity index is 715. The van der Waals surface area contributed by atoms with Gasteiger partial charge in [0.05, 0.1) is 12.9 Å². The maximum Gasteiger partial charge on any atom is 0.351 e. The van der Waals surface area contributed by atoms with Crippen molar-refractivity contribution in [2.45, 2.75) is 6.54 Å². The summed E-state index contributed by atoms with van der Waals surface area (Å²) in [4.78, 5) is 15.8. The zero-order chi connectivity index (χ0) is 14.7. The van der Waals surface area contributed by atoms with Crippen LogP contribution in [-0.2, 0) is 6.54 Å². The Kier molecular flexibility index (Phi) is 6.19. The van der Waals surface area contributed by atoms with Crippen LogP contribution in [0.3, 0.4) is 0 Å².